The number of nitrogens with one attached hydrogen (secondary N) is 1. The topological polar surface area (TPSA) is 85.8 Å². The van der Waals surface area contributed by atoms with Crippen LogP contribution in [0, 0.1) is 6.92 Å². The lowest BCUT2D eigenvalue weighted by Crippen LogP contribution is -2.22. The number of amides is 1. The normalized spacial score (nSPS) is 12.1. The zero-order valence-corrected chi connectivity index (χ0v) is 15.1. The van der Waals surface area contributed by atoms with Gasteiger partial charge < -0.3 is 9.09 Å². The minimum atomic E-state index is -0.358. The van der Waals surface area contributed by atoms with E-state index in [0.29, 0.717) is 16.7 Å². The number of anilines is 1. The van der Waals surface area contributed by atoms with E-state index in [1.54, 1.807) is 13.0 Å². The van der Waals surface area contributed by atoms with E-state index in [9.17, 15) is 4.79 Å². The van der Waals surface area contributed by atoms with Gasteiger partial charge in [0.15, 0.2) is 11.0 Å². The predicted molar refractivity (Wildman–Crippen MR) is 96.3 cm³/mol. The van der Waals surface area contributed by atoms with Crippen LogP contribution in [-0.2, 0) is 11.3 Å². The van der Waals surface area contributed by atoms with Gasteiger partial charge in [0.25, 0.3) is 0 Å². The second-order valence-corrected chi connectivity index (χ2v) is 6.81. The molecular formula is C17H19N5O2S. The van der Waals surface area contributed by atoms with Crippen LogP contribution in [0.15, 0.2) is 46.1 Å². The molecule has 1 atom stereocenters. The van der Waals surface area contributed by atoms with Crippen LogP contribution < -0.4 is 5.32 Å². The van der Waals surface area contributed by atoms with Crippen molar-refractivity contribution in [3.8, 4) is 11.4 Å². The molecule has 0 saturated carbocycles. The zero-order chi connectivity index (χ0) is 17.8. The van der Waals surface area contributed by atoms with Crippen molar-refractivity contribution in [2.24, 2.45) is 0 Å². The highest BCUT2D eigenvalue weighted by Gasteiger charge is 2.21. The SMILES string of the molecule is CCn1c(SC(C)C(=O)Nc2cc(C)no2)nnc1-c1ccccc1. The van der Waals surface area contributed by atoms with Crippen molar-refractivity contribution in [1.82, 2.24) is 19.9 Å². The van der Waals surface area contributed by atoms with Gasteiger partial charge in [-0.3, -0.25) is 10.1 Å². The van der Waals surface area contributed by atoms with Gasteiger partial charge in [0.1, 0.15) is 0 Å². The molecule has 0 aliphatic rings. The van der Waals surface area contributed by atoms with Crippen molar-refractivity contribution < 1.29 is 9.32 Å². The number of thioether (sulfide) groups is 1. The number of carbonyl (C=O) groups is 1. The number of hydrogen-bond donors (Lipinski definition) is 1. The Kier molecular flexibility index (Phi) is 5.18. The van der Waals surface area contributed by atoms with Gasteiger partial charge in [-0.25, -0.2) is 0 Å². The maximum Gasteiger partial charge on any atom is 0.240 e. The van der Waals surface area contributed by atoms with Gasteiger partial charge >= 0.3 is 0 Å². The maximum absolute atomic E-state index is 12.3. The first-order valence-electron chi connectivity index (χ1n) is 7.98. The molecule has 3 rings (SSSR count). The van der Waals surface area contributed by atoms with E-state index in [0.717, 1.165) is 17.9 Å². The monoisotopic (exact) mass is 357 g/mol. The van der Waals surface area contributed by atoms with E-state index in [1.807, 2.05) is 48.7 Å². The fraction of sp³-hybridized carbons (Fsp3) is 0.294. The van der Waals surface area contributed by atoms with Crippen LogP contribution in [0.3, 0.4) is 0 Å². The summed E-state index contributed by atoms with van der Waals surface area (Å²) in [5.74, 6) is 0.967. The van der Waals surface area contributed by atoms with Crippen molar-refractivity contribution in [2.45, 2.75) is 37.7 Å². The number of hydrogen-bond acceptors (Lipinski definition) is 6. The van der Waals surface area contributed by atoms with E-state index in [1.165, 1.54) is 11.8 Å². The Labute approximate surface area is 149 Å². The molecule has 1 N–H and O–H groups in total. The van der Waals surface area contributed by atoms with Gasteiger partial charge in [0.2, 0.25) is 11.8 Å². The quantitative estimate of drug-likeness (QED) is 0.681. The lowest BCUT2D eigenvalue weighted by atomic mass is 10.2. The van der Waals surface area contributed by atoms with Crippen molar-refractivity contribution in [3.63, 3.8) is 0 Å². The molecule has 1 aromatic carbocycles. The Bertz CT molecular complexity index is 859. The van der Waals surface area contributed by atoms with Gasteiger partial charge in [-0.05, 0) is 20.8 Å². The number of benzene rings is 1. The summed E-state index contributed by atoms with van der Waals surface area (Å²) in [7, 11) is 0. The standard InChI is InChI=1S/C17H19N5O2S/c1-4-22-15(13-8-6-5-7-9-13)19-20-17(22)25-12(3)16(23)18-14-10-11(2)21-24-14/h5-10,12H,4H2,1-3H3,(H,18,23). The highest BCUT2D eigenvalue weighted by atomic mass is 32.2. The Balaban J connectivity index is 1.74. The van der Waals surface area contributed by atoms with Crippen LogP contribution >= 0.6 is 11.8 Å². The minimum absolute atomic E-state index is 0.173. The molecule has 0 fully saturated rings. The summed E-state index contributed by atoms with van der Waals surface area (Å²) in [6.45, 7) is 6.36. The second-order valence-electron chi connectivity index (χ2n) is 5.50. The van der Waals surface area contributed by atoms with Crippen LogP contribution in [0.25, 0.3) is 11.4 Å². The van der Waals surface area contributed by atoms with Gasteiger partial charge in [-0.2, -0.15) is 0 Å². The van der Waals surface area contributed by atoms with Crippen molar-refractivity contribution in [1.29, 1.82) is 0 Å². The van der Waals surface area contributed by atoms with Gasteiger partial charge in [0, 0.05) is 18.2 Å². The molecule has 0 saturated heterocycles. The molecule has 0 bridgehead atoms. The third-order valence-corrected chi connectivity index (χ3v) is 4.67. The first-order chi connectivity index (χ1) is 12.1. The third-order valence-electron chi connectivity index (χ3n) is 3.59. The molecule has 2 heterocycles. The first-order valence-corrected chi connectivity index (χ1v) is 8.86. The van der Waals surface area contributed by atoms with E-state index >= 15 is 0 Å². The van der Waals surface area contributed by atoms with Crippen molar-refractivity contribution in [2.75, 3.05) is 5.32 Å². The molecule has 1 unspecified atom stereocenters. The Hall–Kier alpha value is -2.61. The second kappa shape index (κ2) is 7.52. The Morgan fingerprint density at radius 2 is 2.08 bits per heavy atom. The molecule has 2 aromatic heterocycles. The summed E-state index contributed by atoms with van der Waals surface area (Å²) in [5.41, 5.74) is 1.71. The van der Waals surface area contributed by atoms with Gasteiger partial charge in [-0.1, -0.05) is 47.3 Å². The van der Waals surface area contributed by atoms with Crippen LogP contribution in [0.2, 0.25) is 0 Å². The third kappa shape index (κ3) is 3.90. The van der Waals surface area contributed by atoms with Gasteiger partial charge in [0.05, 0.1) is 10.9 Å². The minimum Gasteiger partial charge on any atom is -0.338 e. The Morgan fingerprint density at radius 3 is 2.72 bits per heavy atom. The number of aryl methyl sites for hydroxylation is 1. The summed E-state index contributed by atoms with van der Waals surface area (Å²) in [6.07, 6.45) is 0. The average Bonchev–Trinajstić information content (AvgIpc) is 3.21. The lowest BCUT2D eigenvalue weighted by molar-refractivity contribution is -0.115. The number of rotatable bonds is 6. The number of nitrogens with zero attached hydrogens (tertiary/aromatic N) is 4. The van der Waals surface area contributed by atoms with Crippen molar-refractivity contribution >= 4 is 23.6 Å². The molecule has 1 amide bonds. The molecule has 3 aromatic rings. The highest BCUT2D eigenvalue weighted by Crippen LogP contribution is 2.27. The van der Waals surface area contributed by atoms with Crippen LogP contribution in [0.4, 0.5) is 5.88 Å². The van der Waals surface area contributed by atoms with Crippen LogP contribution in [0.1, 0.15) is 19.5 Å². The van der Waals surface area contributed by atoms with Crippen LogP contribution in [0.5, 0.6) is 0 Å². The molecule has 7 nitrogen and oxygen atoms in total. The molecule has 0 spiro atoms. The molecule has 25 heavy (non-hydrogen) atoms. The van der Waals surface area contributed by atoms with Gasteiger partial charge in [-0.15, -0.1) is 10.2 Å². The molecule has 130 valence electrons. The molecule has 0 aliphatic carbocycles. The van der Waals surface area contributed by atoms with Crippen LogP contribution in [-0.4, -0.2) is 31.1 Å². The lowest BCUT2D eigenvalue weighted by Gasteiger charge is -2.11. The smallest absolute Gasteiger partial charge is 0.240 e. The summed E-state index contributed by atoms with van der Waals surface area (Å²) in [5, 5.41) is 15.4. The highest BCUT2D eigenvalue weighted by molar-refractivity contribution is 8.00. The van der Waals surface area contributed by atoms with E-state index in [2.05, 4.69) is 20.7 Å². The number of carbonyl (C=O) groups excluding carboxylic acids is 1. The number of aromatic nitrogens is 4. The summed E-state index contributed by atoms with van der Waals surface area (Å²) < 4.78 is 7.02. The average molecular weight is 357 g/mol. The fourth-order valence-corrected chi connectivity index (χ4v) is 3.23. The zero-order valence-electron chi connectivity index (χ0n) is 14.3. The largest absolute Gasteiger partial charge is 0.338 e. The molecule has 0 radical (unpaired) electrons. The summed E-state index contributed by atoms with van der Waals surface area (Å²) in [6, 6.07) is 11.6. The van der Waals surface area contributed by atoms with E-state index < -0.39 is 0 Å². The maximum atomic E-state index is 12.3. The molecular weight excluding hydrogens is 338 g/mol. The van der Waals surface area contributed by atoms with Crippen molar-refractivity contribution in [3.05, 3.63) is 42.1 Å². The fourth-order valence-electron chi connectivity index (χ4n) is 2.32. The Morgan fingerprint density at radius 1 is 1.32 bits per heavy atom. The predicted octanol–water partition coefficient (Wildman–Crippen LogP) is 3.38. The summed E-state index contributed by atoms with van der Waals surface area (Å²) in [4.78, 5) is 12.3. The molecule has 8 heteroatoms. The van der Waals surface area contributed by atoms with E-state index in [4.69, 9.17) is 4.52 Å². The first kappa shape index (κ1) is 17.2. The molecule has 0 aliphatic heterocycles. The van der Waals surface area contributed by atoms with E-state index in [-0.39, 0.29) is 11.2 Å². The summed E-state index contributed by atoms with van der Waals surface area (Å²) >= 11 is 1.36.